The van der Waals surface area contributed by atoms with Gasteiger partial charge < -0.3 is 15.4 Å². The molecule has 0 heterocycles. The first-order valence-electron chi connectivity index (χ1n) is 6.30. The number of carbonyl (C=O) groups is 1. The van der Waals surface area contributed by atoms with Crippen LogP contribution in [-0.2, 0) is 0 Å². The Morgan fingerprint density at radius 3 is 2.63 bits per heavy atom. The van der Waals surface area contributed by atoms with E-state index in [1.807, 2.05) is 26.0 Å². The molecule has 0 fully saturated rings. The molecule has 0 aliphatic heterocycles. The van der Waals surface area contributed by atoms with Crippen LogP contribution in [-0.4, -0.2) is 18.7 Å². The zero-order valence-corrected chi connectivity index (χ0v) is 11.6. The van der Waals surface area contributed by atoms with Crippen LogP contribution in [0.15, 0.2) is 24.3 Å². The van der Waals surface area contributed by atoms with Gasteiger partial charge in [0.25, 0.3) is 0 Å². The molecule has 0 aliphatic rings. The quantitative estimate of drug-likeness (QED) is 0.800. The third kappa shape index (κ3) is 3.92. The molecule has 19 heavy (non-hydrogen) atoms. The van der Waals surface area contributed by atoms with Crippen molar-refractivity contribution in [1.82, 2.24) is 5.32 Å². The number of anilines is 1. The zero-order valence-electron chi connectivity index (χ0n) is 11.6. The summed E-state index contributed by atoms with van der Waals surface area (Å²) in [6.07, 6.45) is 6.88. The largest absolute Gasteiger partial charge is 0.497 e. The topological polar surface area (TPSA) is 50.4 Å². The summed E-state index contributed by atoms with van der Waals surface area (Å²) in [6.45, 7) is 3.91. The zero-order chi connectivity index (χ0) is 14.3. The van der Waals surface area contributed by atoms with Crippen molar-refractivity contribution in [3.05, 3.63) is 24.3 Å². The fourth-order valence-electron chi connectivity index (χ4n) is 1.75. The van der Waals surface area contributed by atoms with Crippen molar-refractivity contribution in [2.24, 2.45) is 0 Å². The first-order chi connectivity index (χ1) is 9.09. The first kappa shape index (κ1) is 14.9. The van der Waals surface area contributed by atoms with Gasteiger partial charge in [0.2, 0.25) is 0 Å². The van der Waals surface area contributed by atoms with E-state index in [-0.39, 0.29) is 6.03 Å². The van der Waals surface area contributed by atoms with Gasteiger partial charge in [0.15, 0.2) is 0 Å². The number of rotatable bonds is 5. The number of terminal acetylenes is 1. The molecule has 4 heteroatoms. The van der Waals surface area contributed by atoms with E-state index in [2.05, 4.69) is 16.6 Å². The van der Waals surface area contributed by atoms with Gasteiger partial charge in [-0.25, -0.2) is 4.79 Å². The molecule has 0 aromatic heterocycles. The average Bonchev–Trinajstić information content (AvgIpc) is 2.45. The van der Waals surface area contributed by atoms with Gasteiger partial charge in [-0.3, -0.25) is 0 Å². The highest BCUT2D eigenvalue weighted by molar-refractivity contribution is 5.90. The molecule has 1 aromatic rings. The lowest BCUT2D eigenvalue weighted by atomic mass is 9.94. The Morgan fingerprint density at radius 2 is 2.11 bits per heavy atom. The number of benzene rings is 1. The number of urea groups is 1. The summed E-state index contributed by atoms with van der Waals surface area (Å²) in [4.78, 5) is 11.9. The normalized spacial score (nSPS) is 10.4. The molecule has 0 atom stereocenters. The van der Waals surface area contributed by atoms with Crippen molar-refractivity contribution in [1.29, 1.82) is 0 Å². The second-order valence-corrected chi connectivity index (χ2v) is 4.24. The molecule has 0 spiro atoms. The summed E-state index contributed by atoms with van der Waals surface area (Å²) in [5.41, 5.74) is 0.0677. The van der Waals surface area contributed by atoms with Crippen LogP contribution in [0.4, 0.5) is 10.5 Å². The molecule has 102 valence electrons. The number of carbonyl (C=O) groups excluding carboxylic acids is 1. The van der Waals surface area contributed by atoms with Crippen LogP contribution in [0.5, 0.6) is 5.75 Å². The summed E-state index contributed by atoms with van der Waals surface area (Å²) in [6, 6.07) is 6.84. The molecule has 2 amide bonds. The highest BCUT2D eigenvalue weighted by Crippen LogP contribution is 2.18. The Balaban J connectivity index is 2.72. The van der Waals surface area contributed by atoms with Crippen molar-refractivity contribution in [2.75, 3.05) is 12.4 Å². The third-order valence-electron chi connectivity index (χ3n) is 3.16. The van der Waals surface area contributed by atoms with Crippen LogP contribution in [0, 0.1) is 12.3 Å². The Morgan fingerprint density at radius 1 is 1.42 bits per heavy atom. The van der Waals surface area contributed by atoms with Crippen LogP contribution in [0.25, 0.3) is 0 Å². The number of ether oxygens (including phenoxy) is 1. The second-order valence-electron chi connectivity index (χ2n) is 4.24. The van der Waals surface area contributed by atoms with Gasteiger partial charge in [-0.2, -0.15) is 0 Å². The van der Waals surface area contributed by atoms with Crippen molar-refractivity contribution in [2.45, 2.75) is 32.2 Å². The molecule has 0 bridgehead atoms. The molecule has 0 radical (unpaired) electrons. The summed E-state index contributed by atoms with van der Waals surface area (Å²) < 4.78 is 5.10. The average molecular weight is 260 g/mol. The van der Waals surface area contributed by atoms with E-state index in [4.69, 9.17) is 11.2 Å². The molecule has 1 rings (SSSR count). The third-order valence-corrected chi connectivity index (χ3v) is 3.16. The van der Waals surface area contributed by atoms with Gasteiger partial charge >= 0.3 is 6.03 Å². The molecule has 0 saturated heterocycles. The van der Waals surface area contributed by atoms with Crippen molar-refractivity contribution >= 4 is 11.7 Å². The molecular formula is C15H20N2O2. The van der Waals surface area contributed by atoms with Gasteiger partial charge in [0.05, 0.1) is 7.11 Å². The maximum absolute atomic E-state index is 11.9. The van der Waals surface area contributed by atoms with Gasteiger partial charge in [-0.05, 0) is 25.0 Å². The number of hydrogen-bond donors (Lipinski definition) is 2. The molecule has 2 N–H and O–H groups in total. The smallest absolute Gasteiger partial charge is 0.320 e. The van der Waals surface area contributed by atoms with Crippen LogP contribution in [0.1, 0.15) is 26.7 Å². The first-order valence-corrected chi connectivity index (χ1v) is 6.30. The minimum atomic E-state index is -0.594. The van der Waals surface area contributed by atoms with Crippen LogP contribution in [0.3, 0.4) is 0 Å². The maximum Gasteiger partial charge on any atom is 0.320 e. The fraction of sp³-hybridized carbons (Fsp3) is 0.400. The number of amides is 2. The highest BCUT2D eigenvalue weighted by atomic mass is 16.5. The summed E-state index contributed by atoms with van der Waals surface area (Å²) in [7, 11) is 1.58. The number of methoxy groups -OCH3 is 1. The van der Waals surface area contributed by atoms with Gasteiger partial charge in [-0.1, -0.05) is 25.8 Å². The number of hydrogen-bond acceptors (Lipinski definition) is 2. The molecular weight excluding hydrogens is 240 g/mol. The van der Waals surface area contributed by atoms with E-state index >= 15 is 0 Å². The number of nitrogens with one attached hydrogen (secondary N) is 2. The molecule has 1 aromatic carbocycles. The van der Waals surface area contributed by atoms with E-state index in [1.54, 1.807) is 19.2 Å². The van der Waals surface area contributed by atoms with E-state index in [0.717, 1.165) is 0 Å². The monoisotopic (exact) mass is 260 g/mol. The van der Waals surface area contributed by atoms with E-state index < -0.39 is 5.54 Å². The molecule has 0 aliphatic carbocycles. The predicted molar refractivity (Wildman–Crippen MR) is 77.3 cm³/mol. The van der Waals surface area contributed by atoms with E-state index in [0.29, 0.717) is 24.3 Å². The lowest BCUT2D eigenvalue weighted by molar-refractivity contribution is 0.242. The van der Waals surface area contributed by atoms with Crippen molar-refractivity contribution in [3.8, 4) is 18.1 Å². The maximum atomic E-state index is 11.9. The van der Waals surface area contributed by atoms with Gasteiger partial charge in [0, 0.05) is 11.8 Å². The summed E-state index contributed by atoms with van der Waals surface area (Å²) >= 11 is 0. The van der Waals surface area contributed by atoms with Gasteiger partial charge in [0.1, 0.15) is 11.3 Å². The minimum absolute atomic E-state index is 0.310. The lowest BCUT2D eigenvalue weighted by Crippen LogP contribution is -2.48. The minimum Gasteiger partial charge on any atom is -0.497 e. The van der Waals surface area contributed by atoms with Crippen molar-refractivity contribution in [3.63, 3.8) is 0 Å². The Labute approximate surface area is 114 Å². The Hall–Kier alpha value is -2.15. The van der Waals surface area contributed by atoms with E-state index in [1.165, 1.54) is 0 Å². The van der Waals surface area contributed by atoms with Crippen LogP contribution >= 0.6 is 0 Å². The van der Waals surface area contributed by atoms with Crippen LogP contribution < -0.4 is 15.4 Å². The summed E-state index contributed by atoms with van der Waals surface area (Å²) in [5, 5.41) is 5.59. The Bertz CT molecular complexity index is 473. The van der Waals surface area contributed by atoms with E-state index in [9.17, 15) is 4.79 Å². The molecule has 4 nitrogen and oxygen atoms in total. The molecule has 0 unspecified atom stereocenters. The predicted octanol–water partition coefficient (Wildman–Crippen LogP) is 3.01. The molecule has 0 saturated carbocycles. The Kier molecular flexibility index (Phi) is 5.25. The second kappa shape index (κ2) is 6.69. The summed E-state index contributed by atoms with van der Waals surface area (Å²) in [5.74, 6) is 3.34. The standard InChI is InChI=1S/C15H20N2O2/c1-5-15(6-2,7-3)17-14(18)16-12-9-8-10-13(11-12)19-4/h1,8-11H,6-7H2,2-4H3,(H2,16,17,18). The highest BCUT2D eigenvalue weighted by Gasteiger charge is 2.25. The van der Waals surface area contributed by atoms with Gasteiger partial charge in [-0.15, -0.1) is 6.42 Å². The van der Waals surface area contributed by atoms with Crippen LogP contribution in [0.2, 0.25) is 0 Å². The fourth-order valence-corrected chi connectivity index (χ4v) is 1.75. The lowest BCUT2D eigenvalue weighted by Gasteiger charge is -2.27. The van der Waals surface area contributed by atoms with Crippen molar-refractivity contribution < 1.29 is 9.53 Å². The SMILES string of the molecule is C#CC(CC)(CC)NC(=O)Nc1cccc(OC)c1.